The molecule has 0 aliphatic rings. The number of nitrogens with one attached hydrogen (secondary N) is 1. The summed E-state index contributed by atoms with van der Waals surface area (Å²) in [6.07, 6.45) is 0. The molecule has 0 bridgehead atoms. The van der Waals surface area contributed by atoms with Crippen molar-refractivity contribution in [3.8, 4) is 0 Å². The molecule has 0 spiro atoms. The number of carbonyl (C=O) groups excluding carboxylic acids is 1. The first-order chi connectivity index (χ1) is 11.6. The fourth-order valence-electron chi connectivity index (χ4n) is 2.53. The largest absolute Gasteiger partial charge is 0.333 e. The van der Waals surface area contributed by atoms with E-state index in [0.717, 1.165) is 21.9 Å². The summed E-state index contributed by atoms with van der Waals surface area (Å²) in [5.74, 6) is 0.0622. The molecular weight excluding hydrogens is 342 g/mol. The van der Waals surface area contributed by atoms with Crippen molar-refractivity contribution in [1.82, 2.24) is 9.97 Å². The highest BCUT2D eigenvalue weighted by Gasteiger charge is 2.22. The Labute approximate surface area is 150 Å². The van der Waals surface area contributed by atoms with Gasteiger partial charge in [-0.1, -0.05) is 41.6 Å². The van der Waals surface area contributed by atoms with Gasteiger partial charge in [-0.3, -0.25) is 4.79 Å². The van der Waals surface area contributed by atoms with Crippen molar-refractivity contribution in [3.63, 3.8) is 0 Å². The number of thioether (sulfide) groups is 1. The van der Waals surface area contributed by atoms with Gasteiger partial charge in [-0.15, -0.1) is 0 Å². The number of rotatable bonds is 5. The maximum atomic E-state index is 12.8. The van der Waals surface area contributed by atoms with E-state index in [9.17, 15) is 4.79 Å². The zero-order valence-electron chi connectivity index (χ0n) is 13.5. The second-order valence-electron chi connectivity index (χ2n) is 5.38. The normalized spacial score (nSPS) is 12.3. The number of aromatic nitrogens is 2. The number of para-hydroxylation sites is 1. The Morgan fingerprint density at radius 1 is 1.29 bits per heavy atom. The number of imidazole rings is 1. The van der Waals surface area contributed by atoms with E-state index in [1.807, 2.05) is 62.4 Å². The van der Waals surface area contributed by atoms with E-state index in [4.69, 9.17) is 11.6 Å². The molecule has 6 heteroatoms. The summed E-state index contributed by atoms with van der Waals surface area (Å²) in [7, 11) is 0. The summed E-state index contributed by atoms with van der Waals surface area (Å²) in [4.78, 5) is 22.3. The van der Waals surface area contributed by atoms with Crippen LogP contribution >= 0.6 is 23.4 Å². The smallest absolute Gasteiger partial charge is 0.240 e. The molecule has 3 rings (SSSR count). The van der Waals surface area contributed by atoms with E-state index in [2.05, 4.69) is 9.97 Å². The first-order valence-electron chi connectivity index (χ1n) is 7.77. The van der Waals surface area contributed by atoms with Gasteiger partial charge in [0.05, 0.1) is 16.3 Å². The fourth-order valence-corrected chi connectivity index (χ4v) is 3.58. The summed E-state index contributed by atoms with van der Waals surface area (Å²) < 4.78 is 0. The third-order valence-electron chi connectivity index (χ3n) is 3.71. The molecule has 1 N–H and O–H groups in total. The van der Waals surface area contributed by atoms with E-state index < -0.39 is 0 Å². The van der Waals surface area contributed by atoms with Crippen molar-refractivity contribution in [3.05, 3.63) is 53.6 Å². The van der Waals surface area contributed by atoms with Crippen molar-refractivity contribution in [2.45, 2.75) is 24.3 Å². The molecule has 0 saturated carbocycles. The van der Waals surface area contributed by atoms with E-state index >= 15 is 0 Å². The van der Waals surface area contributed by atoms with Gasteiger partial charge in [-0.2, -0.15) is 0 Å². The quantitative estimate of drug-likeness (QED) is 0.669. The average molecular weight is 360 g/mol. The summed E-state index contributed by atoms with van der Waals surface area (Å²) in [6.45, 7) is 4.51. The lowest BCUT2D eigenvalue weighted by Crippen LogP contribution is -2.36. The van der Waals surface area contributed by atoms with Crippen LogP contribution in [0.5, 0.6) is 0 Å². The molecule has 0 aliphatic heterocycles. The van der Waals surface area contributed by atoms with Crippen LogP contribution in [0.1, 0.15) is 13.8 Å². The van der Waals surface area contributed by atoms with E-state index in [1.165, 1.54) is 11.8 Å². The predicted octanol–water partition coefficient (Wildman–Crippen LogP) is 4.75. The second kappa shape index (κ2) is 7.28. The molecule has 1 aromatic heterocycles. The van der Waals surface area contributed by atoms with Crippen LogP contribution in [0.4, 0.5) is 5.69 Å². The minimum absolute atomic E-state index is 0.0622. The van der Waals surface area contributed by atoms with Gasteiger partial charge in [0.2, 0.25) is 5.91 Å². The molecule has 1 heterocycles. The van der Waals surface area contributed by atoms with E-state index in [0.29, 0.717) is 11.6 Å². The van der Waals surface area contributed by atoms with Crippen LogP contribution in [0.25, 0.3) is 11.0 Å². The lowest BCUT2D eigenvalue weighted by atomic mass is 10.2. The average Bonchev–Trinajstić information content (AvgIpc) is 2.97. The number of nitrogens with zero attached hydrogens (tertiary/aromatic N) is 2. The standard InChI is InChI=1S/C18H18ClN3OS/c1-3-22(14-7-5-4-6-8-14)17(23)12(2)24-18-20-15-10-9-13(19)11-16(15)21-18/h4-12H,3H2,1-2H3,(H,20,21). The van der Waals surface area contributed by atoms with Crippen LogP contribution in [0, 0.1) is 0 Å². The van der Waals surface area contributed by atoms with Gasteiger partial charge in [0.25, 0.3) is 0 Å². The number of hydrogen-bond acceptors (Lipinski definition) is 3. The van der Waals surface area contributed by atoms with Gasteiger partial charge in [0.15, 0.2) is 5.16 Å². The van der Waals surface area contributed by atoms with Gasteiger partial charge in [0, 0.05) is 17.3 Å². The molecule has 1 unspecified atom stereocenters. The van der Waals surface area contributed by atoms with Crippen LogP contribution < -0.4 is 4.90 Å². The number of carbonyl (C=O) groups is 1. The number of aromatic amines is 1. The third kappa shape index (κ3) is 3.57. The Morgan fingerprint density at radius 2 is 2.04 bits per heavy atom. The van der Waals surface area contributed by atoms with Gasteiger partial charge in [0.1, 0.15) is 0 Å². The molecule has 4 nitrogen and oxygen atoms in total. The van der Waals surface area contributed by atoms with E-state index in [-0.39, 0.29) is 11.2 Å². The second-order valence-corrected chi connectivity index (χ2v) is 7.15. The lowest BCUT2D eigenvalue weighted by Gasteiger charge is -2.23. The molecule has 1 amide bonds. The maximum absolute atomic E-state index is 12.8. The van der Waals surface area contributed by atoms with Crippen LogP contribution in [0.15, 0.2) is 53.7 Å². The van der Waals surface area contributed by atoms with Crippen LogP contribution in [0.3, 0.4) is 0 Å². The molecule has 0 fully saturated rings. The minimum atomic E-state index is -0.249. The highest BCUT2D eigenvalue weighted by Crippen LogP contribution is 2.27. The summed E-state index contributed by atoms with van der Waals surface area (Å²) in [5.41, 5.74) is 2.63. The third-order valence-corrected chi connectivity index (χ3v) is 4.92. The summed E-state index contributed by atoms with van der Waals surface area (Å²) >= 11 is 7.42. The molecule has 0 saturated heterocycles. The monoisotopic (exact) mass is 359 g/mol. The highest BCUT2D eigenvalue weighted by atomic mass is 35.5. The van der Waals surface area contributed by atoms with Crippen molar-refractivity contribution in [2.24, 2.45) is 0 Å². The molecule has 24 heavy (non-hydrogen) atoms. The number of halogens is 1. The van der Waals surface area contributed by atoms with Crippen molar-refractivity contribution in [1.29, 1.82) is 0 Å². The summed E-state index contributed by atoms with van der Waals surface area (Å²) in [6, 6.07) is 15.2. The number of anilines is 1. The Bertz CT molecular complexity index is 850. The number of fused-ring (bicyclic) bond motifs is 1. The number of H-pyrrole nitrogens is 1. The van der Waals surface area contributed by atoms with Crippen LogP contribution in [-0.2, 0) is 4.79 Å². The Morgan fingerprint density at radius 3 is 2.75 bits per heavy atom. The first kappa shape index (κ1) is 16.9. The van der Waals surface area contributed by atoms with E-state index in [1.54, 1.807) is 4.90 Å². The topological polar surface area (TPSA) is 49.0 Å². The molecule has 0 aliphatic carbocycles. The van der Waals surface area contributed by atoms with Crippen molar-refractivity contribution < 1.29 is 4.79 Å². The molecule has 3 aromatic rings. The number of benzene rings is 2. The first-order valence-corrected chi connectivity index (χ1v) is 9.02. The fraction of sp³-hybridized carbons (Fsp3) is 0.222. The minimum Gasteiger partial charge on any atom is -0.333 e. The Kier molecular flexibility index (Phi) is 5.11. The number of hydrogen-bond donors (Lipinski definition) is 1. The molecule has 0 radical (unpaired) electrons. The predicted molar refractivity (Wildman–Crippen MR) is 101 cm³/mol. The van der Waals surface area contributed by atoms with Crippen LogP contribution in [-0.4, -0.2) is 27.7 Å². The molecule has 124 valence electrons. The SMILES string of the molecule is CCN(C(=O)C(C)Sc1nc2ccc(Cl)cc2[nH]1)c1ccccc1. The van der Waals surface area contributed by atoms with Crippen molar-refractivity contribution >= 4 is 46.0 Å². The van der Waals surface area contributed by atoms with Crippen LogP contribution in [0.2, 0.25) is 5.02 Å². The summed E-state index contributed by atoms with van der Waals surface area (Å²) in [5, 5.41) is 1.13. The molecule has 1 atom stereocenters. The zero-order valence-corrected chi connectivity index (χ0v) is 15.1. The van der Waals surface area contributed by atoms with Gasteiger partial charge < -0.3 is 9.88 Å². The van der Waals surface area contributed by atoms with Crippen molar-refractivity contribution in [2.75, 3.05) is 11.4 Å². The molecular formula is C18H18ClN3OS. The Balaban J connectivity index is 1.77. The lowest BCUT2D eigenvalue weighted by molar-refractivity contribution is -0.117. The number of amides is 1. The van der Waals surface area contributed by atoms with Gasteiger partial charge in [-0.05, 0) is 44.2 Å². The Hall–Kier alpha value is -1.98. The van der Waals surface area contributed by atoms with Gasteiger partial charge >= 0.3 is 0 Å². The van der Waals surface area contributed by atoms with Gasteiger partial charge in [-0.25, -0.2) is 4.98 Å². The maximum Gasteiger partial charge on any atom is 0.240 e. The highest BCUT2D eigenvalue weighted by molar-refractivity contribution is 8.00. The zero-order chi connectivity index (χ0) is 17.1. The molecule has 2 aromatic carbocycles.